The Balaban J connectivity index is 1.61. The summed E-state index contributed by atoms with van der Waals surface area (Å²) in [6, 6.07) is 5.65. The second kappa shape index (κ2) is 9.14. The van der Waals surface area contributed by atoms with Gasteiger partial charge in [-0.1, -0.05) is 0 Å². The topological polar surface area (TPSA) is 108 Å². The lowest BCUT2D eigenvalue weighted by atomic mass is 10.2. The first-order valence-electron chi connectivity index (χ1n) is 9.09. The number of hydrogen-bond acceptors (Lipinski definition) is 7. The minimum absolute atomic E-state index is 0.0101. The van der Waals surface area contributed by atoms with Crippen LogP contribution in [0.1, 0.15) is 6.42 Å². The highest BCUT2D eigenvalue weighted by atomic mass is 16.5. The lowest BCUT2D eigenvalue weighted by Crippen LogP contribution is -2.34. The van der Waals surface area contributed by atoms with Crippen molar-refractivity contribution in [1.29, 1.82) is 0 Å². The van der Waals surface area contributed by atoms with E-state index >= 15 is 0 Å². The van der Waals surface area contributed by atoms with Crippen LogP contribution in [-0.2, 0) is 4.79 Å². The standard InChI is InChI=1S/C19H25N7O2/c1-20-17(27)12-26(2)10-4-7-22-19-23-8-5-14(25-19)15-11-13-16(28-3)6-9-21-18(13)24-15/h5-6,8-9,11H,4,7,10,12H2,1-3H3,(H,20,27)(H,21,24)(H,22,23,25). The normalized spacial score (nSPS) is 11.0. The highest BCUT2D eigenvalue weighted by molar-refractivity contribution is 5.87. The zero-order chi connectivity index (χ0) is 19.9. The monoisotopic (exact) mass is 383 g/mol. The number of methoxy groups -OCH3 is 1. The van der Waals surface area contributed by atoms with Crippen molar-refractivity contribution >= 4 is 22.9 Å². The molecule has 0 saturated heterocycles. The van der Waals surface area contributed by atoms with Crippen LogP contribution in [0.5, 0.6) is 5.75 Å². The zero-order valence-electron chi connectivity index (χ0n) is 16.3. The predicted octanol–water partition coefficient (Wildman–Crippen LogP) is 1.51. The lowest BCUT2D eigenvalue weighted by molar-refractivity contribution is -0.121. The fourth-order valence-electron chi connectivity index (χ4n) is 2.86. The van der Waals surface area contributed by atoms with Crippen LogP contribution in [0.2, 0.25) is 0 Å². The maximum absolute atomic E-state index is 11.3. The number of amides is 1. The van der Waals surface area contributed by atoms with E-state index in [9.17, 15) is 4.79 Å². The summed E-state index contributed by atoms with van der Waals surface area (Å²) >= 11 is 0. The van der Waals surface area contributed by atoms with E-state index in [0.717, 1.165) is 41.1 Å². The van der Waals surface area contributed by atoms with Crippen molar-refractivity contribution in [2.75, 3.05) is 46.2 Å². The third-order valence-electron chi connectivity index (χ3n) is 4.34. The van der Waals surface area contributed by atoms with Gasteiger partial charge in [-0.15, -0.1) is 0 Å². The number of nitrogens with one attached hydrogen (secondary N) is 3. The number of pyridine rings is 1. The number of nitrogens with zero attached hydrogens (tertiary/aromatic N) is 4. The van der Waals surface area contributed by atoms with E-state index in [-0.39, 0.29) is 5.91 Å². The summed E-state index contributed by atoms with van der Waals surface area (Å²) in [5.41, 5.74) is 2.37. The molecule has 9 nitrogen and oxygen atoms in total. The number of carbonyl (C=O) groups is 1. The van der Waals surface area contributed by atoms with Crippen LogP contribution in [0.3, 0.4) is 0 Å². The SMILES string of the molecule is CNC(=O)CN(C)CCCNc1nccc(-c2cc3c(OC)ccnc3[nH]2)n1. The predicted molar refractivity (Wildman–Crippen MR) is 108 cm³/mol. The molecule has 0 atom stereocenters. The molecule has 0 saturated carbocycles. The summed E-state index contributed by atoms with van der Waals surface area (Å²) in [7, 11) is 5.20. The number of likely N-dealkylation sites (N-methyl/N-ethyl adjacent to an activating group) is 2. The van der Waals surface area contributed by atoms with Gasteiger partial charge in [0.15, 0.2) is 0 Å². The fraction of sp³-hybridized carbons (Fsp3) is 0.368. The molecule has 0 spiro atoms. The Hall–Kier alpha value is -3.20. The largest absolute Gasteiger partial charge is 0.496 e. The van der Waals surface area contributed by atoms with Gasteiger partial charge in [0, 0.05) is 32.5 Å². The van der Waals surface area contributed by atoms with E-state index in [2.05, 4.69) is 30.6 Å². The summed E-state index contributed by atoms with van der Waals surface area (Å²) in [5.74, 6) is 1.33. The van der Waals surface area contributed by atoms with E-state index in [0.29, 0.717) is 19.0 Å². The Morgan fingerprint density at radius 2 is 2.11 bits per heavy atom. The van der Waals surface area contributed by atoms with Crippen LogP contribution in [0.15, 0.2) is 30.6 Å². The van der Waals surface area contributed by atoms with Gasteiger partial charge in [0.05, 0.1) is 30.4 Å². The summed E-state index contributed by atoms with van der Waals surface area (Å²) in [6.45, 7) is 1.90. The van der Waals surface area contributed by atoms with Crippen LogP contribution < -0.4 is 15.4 Å². The van der Waals surface area contributed by atoms with Crippen LogP contribution in [0.25, 0.3) is 22.4 Å². The number of fused-ring (bicyclic) bond motifs is 1. The Bertz CT molecular complexity index is 941. The van der Waals surface area contributed by atoms with E-state index in [1.165, 1.54) is 0 Å². The van der Waals surface area contributed by atoms with E-state index in [1.807, 2.05) is 30.1 Å². The molecule has 0 unspecified atom stereocenters. The molecule has 3 aromatic rings. The van der Waals surface area contributed by atoms with E-state index in [4.69, 9.17) is 4.74 Å². The summed E-state index contributed by atoms with van der Waals surface area (Å²) < 4.78 is 5.38. The number of aromatic amines is 1. The van der Waals surface area contributed by atoms with Gasteiger partial charge >= 0.3 is 0 Å². The maximum atomic E-state index is 11.3. The highest BCUT2D eigenvalue weighted by Crippen LogP contribution is 2.28. The van der Waals surface area contributed by atoms with Crippen molar-refractivity contribution in [2.45, 2.75) is 6.42 Å². The number of ether oxygens (including phenoxy) is 1. The third-order valence-corrected chi connectivity index (χ3v) is 4.34. The molecule has 0 bridgehead atoms. The van der Waals surface area contributed by atoms with Gasteiger partial charge in [0.25, 0.3) is 0 Å². The third kappa shape index (κ3) is 4.74. The molecule has 3 rings (SSSR count). The average molecular weight is 383 g/mol. The second-order valence-corrected chi connectivity index (χ2v) is 6.42. The van der Waals surface area contributed by atoms with Crippen LogP contribution >= 0.6 is 0 Å². The first-order valence-corrected chi connectivity index (χ1v) is 9.09. The Morgan fingerprint density at radius 1 is 1.29 bits per heavy atom. The molecule has 0 aliphatic carbocycles. The number of carbonyl (C=O) groups excluding carboxylic acids is 1. The number of anilines is 1. The molecule has 148 valence electrons. The van der Waals surface area contributed by atoms with Crippen molar-refractivity contribution in [1.82, 2.24) is 30.2 Å². The summed E-state index contributed by atoms with van der Waals surface area (Å²) in [5, 5.41) is 6.76. The summed E-state index contributed by atoms with van der Waals surface area (Å²) in [6.07, 6.45) is 4.29. The van der Waals surface area contributed by atoms with Crippen molar-refractivity contribution in [3.05, 3.63) is 30.6 Å². The summed E-state index contributed by atoms with van der Waals surface area (Å²) in [4.78, 5) is 29.8. The number of H-pyrrole nitrogens is 1. The van der Waals surface area contributed by atoms with Gasteiger partial charge in [-0.05, 0) is 31.7 Å². The highest BCUT2D eigenvalue weighted by Gasteiger charge is 2.10. The molecule has 0 aromatic carbocycles. The minimum Gasteiger partial charge on any atom is -0.496 e. The van der Waals surface area contributed by atoms with Gasteiger partial charge in [-0.25, -0.2) is 15.0 Å². The lowest BCUT2D eigenvalue weighted by Gasteiger charge is -2.15. The van der Waals surface area contributed by atoms with Crippen LogP contribution in [0, 0.1) is 0 Å². The molecular weight excluding hydrogens is 358 g/mol. The van der Waals surface area contributed by atoms with Crippen molar-refractivity contribution < 1.29 is 9.53 Å². The average Bonchev–Trinajstić information content (AvgIpc) is 3.16. The Morgan fingerprint density at radius 3 is 2.89 bits per heavy atom. The molecule has 3 heterocycles. The van der Waals surface area contributed by atoms with E-state index < -0.39 is 0 Å². The molecule has 0 aliphatic heterocycles. The maximum Gasteiger partial charge on any atom is 0.233 e. The van der Waals surface area contributed by atoms with Gasteiger partial charge in [0.1, 0.15) is 11.4 Å². The number of hydrogen-bond donors (Lipinski definition) is 3. The minimum atomic E-state index is 0.0101. The molecule has 0 fully saturated rings. The first-order chi connectivity index (χ1) is 13.6. The molecule has 3 aromatic heterocycles. The van der Waals surface area contributed by atoms with Crippen LogP contribution in [0.4, 0.5) is 5.95 Å². The van der Waals surface area contributed by atoms with Gasteiger partial charge in [-0.2, -0.15) is 0 Å². The van der Waals surface area contributed by atoms with Crippen LogP contribution in [-0.4, -0.2) is 71.6 Å². The van der Waals surface area contributed by atoms with Crippen molar-refractivity contribution in [2.24, 2.45) is 0 Å². The Kier molecular flexibility index (Phi) is 6.38. The zero-order valence-corrected chi connectivity index (χ0v) is 16.3. The van der Waals surface area contributed by atoms with E-state index in [1.54, 1.807) is 26.6 Å². The molecular formula is C19H25N7O2. The van der Waals surface area contributed by atoms with Gasteiger partial charge in [0.2, 0.25) is 11.9 Å². The molecule has 28 heavy (non-hydrogen) atoms. The number of rotatable bonds is 9. The smallest absolute Gasteiger partial charge is 0.233 e. The molecule has 9 heteroatoms. The fourth-order valence-corrected chi connectivity index (χ4v) is 2.86. The second-order valence-electron chi connectivity index (χ2n) is 6.42. The van der Waals surface area contributed by atoms with Gasteiger partial charge in [-0.3, -0.25) is 9.69 Å². The quantitative estimate of drug-likeness (QED) is 0.481. The van der Waals surface area contributed by atoms with Crippen molar-refractivity contribution in [3.63, 3.8) is 0 Å². The first kappa shape index (κ1) is 19.6. The van der Waals surface area contributed by atoms with Crippen molar-refractivity contribution in [3.8, 4) is 17.1 Å². The molecule has 0 radical (unpaired) electrons. The number of aromatic nitrogens is 4. The Labute approximate surface area is 163 Å². The molecule has 0 aliphatic rings. The molecule has 3 N–H and O–H groups in total. The molecule has 1 amide bonds. The van der Waals surface area contributed by atoms with Gasteiger partial charge < -0.3 is 20.4 Å².